The summed E-state index contributed by atoms with van der Waals surface area (Å²) in [5, 5.41) is 4.75. The van der Waals surface area contributed by atoms with E-state index >= 15 is 0 Å². The summed E-state index contributed by atoms with van der Waals surface area (Å²) in [5.41, 5.74) is 3.95. The van der Waals surface area contributed by atoms with Crippen LogP contribution in [0.25, 0.3) is 10.6 Å². The van der Waals surface area contributed by atoms with E-state index in [2.05, 4.69) is 43.4 Å². The zero-order valence-electron chi connectivity index (χ0n) is 12.3. The Morgan fingerprint density at radius 2 is 2.05 bits per heavy atom. The van der Waals surface area contributed by atoms with Crippen molar-refractivity contribution in [1.29, 1.82) is 0 Å². The van der Waals surface area contributed by atoms with Crippen molar-refractivity contribution in [3.8, 4) is 10.6 Å². The van der Waals surface area contributed by atoms with Crippen LogP contribution in [0.1, 0.15) is 48.9 Å². The molecule has 0 bridgehead atoms. The third-order valence-corrected chi connectivity index (χ3v) is 5.19. The lowest BCUT2D eigenvalue weighted by Gasteiger charge is -2.21. The average molecular weight is 286 g/mol. The second-order valence-corrected chi connectivity index (χ2v) is 6.46. The van der Waals surface area contributed by atoms with Crippen LogP contribution in [0.5, 0.6) is 0 Å². The summed E-state index contributed by atoms with van der Waals surface area (Å²) in [6, 6.07) is 9.33. The number of hydrogen-bond donors (Lipinski definition) is 1. The minimum absolute atomic E-state index is 0.462. The number of nitrogens with one attached hydrogen (secondary N) is 1. The van der Waals surface area contributed by atoms with E-state index in [1.165, 1.54) is 46.0 Å². The van der Waals surface area contributed by atoms with Gasteiger partial charge < -0.3 is 5.32 Å². The van der Waals surface area contributed by atoms with Crippen molar-refractivity contribution in [3.05, 3.63) is 40.4 Å². The molecule has 0 aliphatic heterocycles. The summed E-state index contributed by atoms with van der Waals surface area (Å²) < 4.78 is 0. The maximum absolute atomic E-state index is 4.93. The van der Waals surface area contributed by atoms with Gasteiger partial charge in [0.2, 0.25) is 0 Å². The fourth-order valence-corrected chi connectivity index (χ4v) is 4.04. The van der Waals surface area contributed by atoms with Crippen molar-refractivity contribution in [1.82, 2.24) is 10.3 Å². The molecule has 2 nitrogen and oxygen atoms in total. The molecule has 1 aromatic heterocycles. The molecule has 20 heavy (non-hydrogen) atoms. The minimum atomic E-state index is 0.462. The number of aryl methyl sites for hydroxylation is 2. The SMILES string of the molecule is CCNC1CCCc2sc(-c3ccc(CC)cc3)nc21. The van der Waals surface area contributed by atoms with Gasteiger partial charge in [-0.3, -0.25) is 0 Å². The smallest absolute Gasteiger partial charge is 0.123 e. The number of fused-ring (bicyclic) bond motifs is 1. The molecule has 2 aromatic rings. The summed E-state index contributed by atoms with van der Waals surface area (Å²) in [7, 11) is 0. The van der Waals surface area contributed by atoms with Gasteiger partial charge in [0.25, 0.3) is 0 Å². The maximum atomic E-state index is 4.93. The quantitative estimate of drug-likeness (QED) is 0.903. The Bertz CT molecular complexity index is 571. The highest BCUT2D eigenvalue weighted by atomic mass is 32.1. The molecule has 1 aliphatic rings. The molecular formula is C17H22N2S. The summed E-state index contributed by atoms with van der Waals surface area (Å²) >= 11 is 1.88. The Kier molecular flexibility index (Phi) is 4.18. The van der Waals surface area contributed by atoms with Gasteiger partial charge in [0, 0.05) is 10.4 Å². The van der Waals surface area contributed by atoms with Gasteiger partial charge in [-0.2, -0.15) is 0 Å². The molecule has 1 heterocycles. The lowest BCUT2D eigenvalue weighted by atomic mass is 9.97. The molecule has 1 unspecified atom stereocenters. The molecule has 0 saturated heterocycles. The second kappa shape index (κ2) is 6.06. The number of benzene rings is 1. The van der Waals surface area contributed by atoms with Crippen LogP contribution in [-0.2, 0) is 12.8 Å². The minimum Gasteiger partial charge on any atom is -0.309 e. The largest absolute Gasteiger partial charge is 0.309 e. The Hall–Kier alpha value is -1.19. The molecule has 3 rings (SSSR count). The van der Waals surface area contributed by atoms with Gasteiger partial charge in [-0.1, -0.05) is 38.1 Å². The van der Waals surface area contributed by atoms with E-state index in [0.717, 1.165) is 13.0 Å². The molecule has 106 valence electrons. The zero-order valence-corrected chi connectivity index (χ0v) is 13.1. The molecule has 0 saturated carbocycles. The molecular weight excluding hydrogens is 264 g/mol. The first-order valence-corrected chi connectivity index (χ1v) is 8.45. The van der Waals surface area contributed by atoms with Gasteiger partial charge in [0.15, 0.2) is 0 Å². The number of hydrogen-bond acceptors (Lipinski definition) is 3. The third kappa shape index (κ3) is 2.65. The summed E-state index contributed by atoms with van der Waals surface area (Å²) in [6.45, 7) is 5.38. The van der Waals surface area contributed by atoms with E-state index in [4.69, 9.17) is 4.98 Å². The zero-order chi connectivity index (χ0) is 13.9. The molecule has 1 aromatic carbocycles. The summed E-state index contributed by atoms with van der Waals surface area (Å²) in [5.74, 6) is 0. The van der Waals surface area contributed by atoms with Gasteiger partial charge in [-0.05, 0) is 37.8 Å². The van der Waals surface area contributed by atoms with E-state index in [1.807, 2.05) is 11.3 Å². The number of aromatic nitrogens is 1. The van der Waals surface area contributed by atoms with Crippen LogP contribution in [-0.4, -0.2) is 11.5 Å². The van der Waals surface area contributed by atoms with Gasteiger partial charge in [0.1, 0.15) is 5.01 Å². The molecule has 0 spiro atoms. The molecule has 1 aliphatic carbocycles. The van der Waals surface area contributed by atoms with E-state index in [-0.39, 0.29) is 0 Å². The molecule has 0 fully saturated rings. The normalized spacial score (nSPS) is 18.0. The van der Waals surface area contributed by atoms with Gasteiger partial charge in [-0.15, -0.1) is 11.3 Å². The van der Waals surface area contributed by atoms with Crippen LogP contribution >= 0.6 is 11.3 Å². The first kappa shape index (κ1) is 13.8. The van der Waals surface area contributed by atoms with E-state index in [9.17, 15) is 0 Å². The second-order valence-electron chi connectivity index (χ2n) is 5.38. The lowest BCUT2D eigenvalue weighted by Crippen LogP contribution is -2.24. The van der Waals surface area contributed by atoms with Gasteiger partial charge in [0.05, 0.1) is 11.7 Å². The van der Waals surface area contributed by atoms with Crippen molar-refractivity contribution < 1.29 is 0 Å². The van der Waals surface area contributed by atoms with Crippen LogP contribution in [0.4, 0.5) is 0 Å². The Morgan fingerprint density at radius 3 is 2.75 bits per heavy atom. The highest BCUT2D eigenvalue weighted by Crippen LogP contribution is 2.37. The van der Waals surface area contributed by atoms with Gasteiger partial charge in [-0.25, -0.2) is 4.98 Å². The summed E-state index contributed by atoms with van der Waals surface area (Å²) in [4.78, 5) is 6.42. The first-order chi connectivity index (χ1) is 9.81. The van der Waals surface area contributed by atoms with Crippen molar-refractivity contribution in [2.75, 3.05) is 6.54 Å². The molecule has 1 N–H and O–H groups in total. The van der Waals surface area contributed by atoms with Crippen LogP contribution in [0, 0.1) is 0 Å². The molecule has 0 radical (unpaired) electrons. The van der Waals surface area contributed by atoms with Crippen molar-refractivity contribution in [2.45, 2.75) is 45.6 Å². The number of rotatable bonds is 4. The van der Waals surface area contributed by atoms with Crippen LogP contribution in [0.15, 0.2) is 24.3 Å². The monoisotopic (exact) mass is 286 g/mol. The number of thiazole rings is 1. The number of nitrogens with zero attached hydrogens (tertiary/aromatic N) is 1. The highest BCUT2D eigenvalue weighted by molar-refractivity contribution is 7.15. The fourth-order valence-electron chi connectivity index (χ4n) is 2.87. The lowest BCUT2D eigenvalue weighted by molar-refractivity contribution is 0.465. The highest BCUT2D eigenvalue weighted by Gasteiger charge is 2.24. The topological polar surface area (TPSA) is 24.9 Å². The fraction of sp³-hybridized carbons (Fsp3) is 0.471. The molecule has 0 amide bonds. The van der Waals surface area contributed by atoms with Crippen molar-refractivity contribution >= 4 is 11.3 Å². The van der Waals surface area contributed by atoms with Crippen molar-refractivity contribution in [3.63, 3.8) is 0 Å². The maximum Gasteiger partial charge on any atom is 0.123 e. The van der Waals surface area contributed by atoms with Crippen LogP contribution < -0.4 is 5.32 Å². The standard InChI is InChI=1S/C17H22N2S/c1-3-12-8-10-13(11-9-12)17-19-16-14(18-4-2)6-5-7-15(16)20-17/h8-11,14,18H,3-7H2,1-2H3. The predicted octanol–water partition coefficient (Wildman–Crippen LogP) is 4.36. The molecule has 1 atom stereocenters. The Morgan fingerprint density at radius 1 is 1.25 bits per heavy atom. The molecule has 3 heteroatoms. The average Bonchev–Trinajstić information content (AvgIpc) is 2.93. The van der Waals surface area contributed by atoms with Crippen LogP contribution in [0.2, 0.25) is 0 Å². The Balaban J connectivity index is 1.91. The van der Waals surface area contributed by atoms with E-state index < -0.39 is 0 Å². The van der Waals surface area contributed by atoms with E-state index in [0.29, 0.717) is 6.04 Å². The Labute approximate surface area is 125 Å². The van der Waals surface area contributed by atoms with Crippen molar-refractivity contribution in [2.24, 2.45) is 0 Å². The third-order valence-electron chi connectivity index (χ3n) is 4.01. The van der Waals surface area contributed by atoms with Gasteiger partial charge >= 0.3 is 0 Å². The van der Waals surface area contributed by atoms with E-state index in [1.54, 1.807) is 0 Å². The first-order valence-electron chi connectivity index (χ1n) is 7.64. The predicted molar refractivity (Wildman–Crippen MR) is 86.3 cm³/mol. The van der Waals surface area contributed by atoms with Crippen LogP contribution in [0.3, 0.4) is 0 Å². The summed E-state index contributed by atoms with van der Waals surface area (Å²) in [6.07, 6.45) is 4.79.